The highest BCUT2D eigenvalue weighted by molar-refractivity contribution is 5.85. The van der Waals surface area contributed by atoms with Crippen LogP contribution in [0.25, 0.3) is 10.9 Å². The van der Waals surface area contributed by atoms with E-state index in [0.717, 1.165) is 12.8 Å². The van der Waals surface area contributed by atoms with Gasteiger partial charge in [-0.2, -0.15) is 0 Å². The molecule has 0 atom stereocenters. The van der Waals surface area contributed by atoms with Gasteiger partial charge in [-0.3, -0.25) is 0 Å². The molecule has 3 rings (SSSR count). The average molecular weight is 235 g/mol. The third-order valence-electron chi connectivity index (χ3n) is 3.54. The number of hydrogen-bond acceptors (Lipinski definition) is 0. The number of H-pyrrole nitrogens is 1. The molecule has 18 heavy (non-hydrogen) atoms. The van der Waals surface area contributed by atoms with Crippen LogP contribution in [-0.2, 0) is 12.8 Å². The fourth-order valence-electron chi connectivity index (χ4n) is 2.49. The van der Waals surface area contributed by atoms with Crippen LogP contribution in [0.15, 0.2) is 54.7 Å². The number of aromatic nitrogens is 1. The predicted octanol–water partition coefficient (Wildman–Crippen LogP) is 4.26. The Bertz CT molecular complexity index is 650. The zero-order valence-corrected chi connectivity index (χ0v) is 10.6. The molecule has 0 saturated carbocycles. The number of hydrogen-bond donors (Lipinski definition) is 1. The van der Waals surface area contributed by atoms with Crippen molar-refractivity contribution in [3.63, 3.8) is 0 Å². The van der Waals surface area contributed by atoms with Gasteiger partial charge in [-0.05, 0) is 36.5 Å². The predicted molar refractivity (Wildman–Crippen MR) is 76.9 cm³/mol. The molecule has 1 heterocycles. The molecule has 0 aliphatic carbocycles. The van der Waals surface area contributed by atoms with Crippen LogP contribution in [0.3, 0.4) is 0 Å². The van der Waals surface area contributed by atoms with Gasteiger partial charge in [0.05, 0.1) is 0 Å². The molecule has 0 saturated heterocycles. The lowest BCUT2D eigenvalue weighted by atomic mass is 10.0. The van der Waals surface area contributed by atoms with E-state index >= 15 is 0 Å². The zero-order valence-electron chi connectivity index (χ0n) is 10.6. The van der Waals surface area contributed by atoms with E-state index in [0.29, 0.717) is 0 Å². The molecule has 1 N–H and O–H groups in total. The molecule has 1 heteroatoms. The summed E-state index contributed by atoms with van der Waals surface area (Å²) in [5.74, 6) is 0. The Morgan fingerprint density at radius 2 is 1.72 bits per heavy atom. The minimum absolute atomic E-state index is 1.09. The monoisotopic (exact) mass is 235 g/mol. The van der Waals surface area contributed by atoms with E-state index in [9.17, 15) is 0 Å². The molecule has 1 nitrogen and oxygen atoms in total. The van der Waals surface area contributed by atoms with Crippen LogP contribution in [-0.4, -0.2) is 4.98 Å². The smallest absolute Gasteiger partial charge is 0.0486 e. The van der Waals surface area contributed by atoms with Gasteiger partial charge in [-0.1, -0.05) is 48.5 Å². The first-order valence-electron chi connectivity index (χ1n) is 6.44. The summed E-state index contributed by atoms with van der Waals surface area (Å²) >= 11 is 0. The molecule has 0 bridgehead atoms. The zero-order chi connectivity index (χ0) is 12.4. The van der Waals surface area contributed by atoms with Crippen LogP contribution in [0.2, 0.25) is 0 Å². The molecule has 0 amide bonds. The van der Waals surface area contributed by atoms with Crippen molar-refractivity contribution in [2.24, 2.45) is 0 Å². The highest BCUT2D eigenvalue weighted by Gasteiger charge is 2.05. The lowest BCUT2D eigenvalue weighted by Gasteiger charge is -2.01. The molecule has 1 aromatic heterocycles. The van der Waals surface area contributed by atoms with Crippen molar-refractivity contribution in [2.45, 2.75) is 19.8 Å². The van der Waals surface area contributed by atoms with Gasteiger partial charge in [0.2, 0.25) is 0 Å². The van der Waals surface area contributed by atoms with Crippen molar-refractivity contribution in [3.05, 3.63) is 71.4 Å². The molecule has 0 unspecified atom stereocenters. The summed E-state index contributed by atoms with van der Waals surface area (Å²) in [5, 5.41) is 1.37. The Morgan fingerprint density at radius 3 is 2.56 bits per heavy atom. The van der Waals surface area contributed by atoms with E-state index in [-0.39, 0.29) is 0 Å². The van der Waals surface area contributed by atoms with Gasteiger partial charge in [0.15, 0.2) is 0 Å². The van der Waals surface area contributed by atoms with Crippen molar-refractivity contribution in [3.8, 4) is 0 Å². The first-order chi connectivity index (χ1) is 8.84. The third-order valence-corrected chi connectivity index (χ3v) is 3.54. The minimum Gasteiger partial charge on any atom is -0.361 e. The fraction of sp³-hybridized carbons (Fsp3) is 0.176. The van der Waals surface area contributed by atoms with E-state index in [1.807, 2.05) is 0 Å². The number of aromatic amines is 1. The standard InChI is InChI=1S/C17H17N/c1-13-6-5-9-16-15(12-18-17(13)16)11-10-14-7-3-2-4-8-14/h2-9,12,18H,10-11H2,1H3. The number of nitrogens with one attached hydrogen (secondary N) is 1. The molecular weight excluding hydrogens is 218 g/mol. The highest BCUT2D eigenvalue weighted by atomic mass is 14.7. The number of rotatable bonds is 3. The van der Waals surface area contributed by atoms with Crippen LogP contribution >= 0.6 is 0 Å². The Morgan fingerprint density at radius 1 is 0.889 bits per heavy atom. The van der Waals surface area contributed by atoms with Crippen LogP contribution in [0.5, 0.6) is 0 Å². The number of fused-ring (bicyclic) bond motifs is 1. The topological polar surface area (TPSA) is 15.8 Å². The van der Waals surface area contributed by atoms with Gasteiger partial charge in [-0.25, -0.2) is 0 Å². The van der Waals surface area contributed by atoms with E-state index in [1.54, 1.807) is 0 Å². The van der Waals surface area contributed by atoms with Gasteiger partial charge < -0.3 is 4.98 Å². The van der Waals surface area contributed by atoms with Crippen molar-refractivity contribution < 1.29 is 0 Å². The number of para-hydroxylation sites is 1. The molecule has 90 valence electrons. The maximum Gasteiger partial charge on any atom is 0.0486 e. The lowest BCUT2D eigenvalue weighted by molar-refractivity contribution is 0.968. The Labute approximate surface area is 107 Å². The van der Waals surface area contributed by atoms with Gasteiger partial charge in [-0.15, -0.1) is 0 Å². The Hall–Kier alpha value is -2.02. The van der Waals surface area contributed by atoms with Crippen LogP contribution in [0.1, 0.15) is 16.7 Å². The molecule has 3 aromatic rings. The van der Waals surface area contributed by atoms with Crippen LogP contribution in [0.4, 0.5) is 0 Å². The molecule has 2 aromatic carbocycles. The average Bonchev–Trinajstić information content (AvgIpc) is 2.82. The maximum atomic E-state index is 3.39. The molecule has 0 radical (unpaired) electrons. The molecular formula is C17H17N. The quantitative estimate of drug-likeness (QED) is 0.698. The van der Waals surface area contributed by atoms with Crippen LogP contribution in [0, 0.1) is 6.92 Å². The normalized spacial score (nSPS) is 10.9. The van der Waals surface area contributed by atoms with Crippen molar-refractivity contribution in [2.75, 3.05) is 0 Å². The van der Waals surface area contributed by atoms with E-state index in [1.165, 1.54) is 27.6 Å². The Balaban J connectivity index is 1.85. The third kappa shape index (κ3) is 2.04. The summed E-state index contributed by atoms with van der Waals surface area (Å²) in [5.41, 5.74) is 5.41. The largest absolute Gasteiger partial charge is 0.361 e. The summed E-state index contributed by atoms with van der Waals surface area (Å²) in [7, 11) is 0. The SMILES string of the molecule is Cc1cccc2c(CCc3ccccc3)c[nH]c12. The van der Waals surface area contributed by atoms with E-state index in [4.69, 9.17) is 0 Å². The van der Waals surface area contributed by atoms with Gasteiger partial charge in [0, 0.05) is 17.1 Å². The first kappa shape index (κ1) is 11.1. The fourth-order valence-corrected chi connectivity index (χ4v) is 2.49. The molecule has 0 fully saturated rings. The van der Waals surface area contributed by atoms with Crippen molar-refractivity contribution in [1.82, 2.24) is 4.98 Å². The first-order valence-corrected chi connectivity index (χ1v) is 6.44. The van der Waals surface area contributed by atoms with E-state index < -0.39 is 0 Å². The second kappa shape index (κ2) is 4.69. The second-order valence-electron chi connectivity index (χ2n) is 4.80. The van der Waals surface area contributed by atoms with Gasteiger partial charge >= 0.3 is 0 Å². The summed E-state index contributed by atoms with van der Waals surface area (Å²) in [6.45, 7) is 2.15. The summed E-state index contributed by atoms with van der Waals surface area (Å²) in [6, 6.07) is 17.2. The lowest BCUT2D eigenvalue weighted by Crippen LogP contribution is -1.89. The second-order valence-corrected chi connectivity index (χ2v) is 4.80. The number of benzene rings is 2. The maximum absolute atomic E-state index is 3.39. The van der Waals surface area contributed by atoms with Gasteiger partial charge in [0.25, 0.3) is 0 Å². The number of aryl methyl sites for hydroxylation is 3. The highest BCUT2D eigenvalue weighted by Crippen LogP contribution is 2.22. The van der Waals surface area contributed by atoms with E-state index in [2.05, 4.69) is 66.6 Å². The summed E-state index contributed by atoms with van der Waals surface area (Å²) in [4.78, 5) is 3.39. The van der Waals surface area contributed by atoms with Gasteiger partial charge in [0.1, 0.15) is 0 Å². The molecule has 0 spiro atoms. The molecule has 0 aliphatic heterocycles. The Kier molecular flexibility index (Phi) is 2.89. The molecule has 0 aliphatic rings. The van der Waals surface area contributed by atoms with Crippen molar-refractivity contribution >= 4 is 10.9 Å². The van der Waals surface area contributed by atoms with Crippen LogP contribution < -0.4 is 0 Å². The van der Waals surface area contributed by atoms with Crippen molar-refractivity contribution in [1.29, 1.82) is 0 Å². The minimum atomic E-state index is 1.09. The summed E-state index contributed by atoms with van der Waals surface area (Å²) < 4.78 is 0. The summed E-state index contributed by atoms with van der Waals surface area (Å²) in [6.07, 6.45) is 4.34.